The molecule has 2 N–H and O–H groups in total. The summed E-state index contributed by atoms with van der Waals surface area (Å²) in [6.45, 7) is 0. The van der Waals surface area contributed by atoms with Crippen LogP contribution in [0.3, 0.4) is 0 Å². The first kappa shape index (κ1) is 24.0. The zero-order valence-electron chi connectivity index (χ0n) is 17.6. The highest BCUT2D eigenvalue weighted by Gasteiger charge is 2.28. The summed E-state index contributed by atoms with van der Waals surface area (Å²) in [4.78, 5) is 1.17. The third kappa shape index (κ3) is 5.69. The first-order chi connectivity index (χ1) is 16.3. The van der Waals surface area contributed by atoms with Gasteiger partial charge in [0.15, 0.2) is 0 Å². The Morgan fingerprint density at radius 1 is 0.500 bits per heavy atom. The number of hydrogen-bond acceptors (Lipinski definition) is 4. The van der Waals surface area contributed by atoms with Crippen molar-refractivity contribution >= 4 is 36.6 Å². The molecule has 174 valence electrons. The van der Waals surface area contributed by atoms with Crippen LogP contribution in [-0.4, -0.2) is 0 Å². The molecule has 0 radical (unpaired) electrons. The van der Waals surface area contributed by atoms with Crippen LogP contribution in [0.5, 0.6) is 0 Å². The fourth-order valence-electron chi connectivity index (χ4n) is 3.75. The summed E-state index contributed by atoms with van der Waals surface area (Å²) in [6.07, 6.45) is 0. The Morgan fingerprint density at radius 2 is 0.824 bits per heavy atom. The lowest BCUT2D eigenvalue weighted by atomic mass is 9.92. The molecule has 0 aliphatic rings. The van der Waals surface area contributed by atoms with E-state index in [-0.39, 0.29) is 11.1 Å². The van der Waals surface area contributed by atoms with E-state index >= 15 is 0 Å². The van der Waals surface area contributed by atoms with Crippen LogP contribution in [0.15, 0.2) is 94.7 Å². The smallest absolute Gasteiger partial charge is 0.126 e. The highest BCUT2D eigenvalue weighted by atomic mass is 32.1. The van der Waals surface area contributed by atoms with Gasteiger partial charge in [0.1, 0.15) is 23.3 Å². The van der Waals surface area contributed by atoms with Crippen LogP contribution < -0.4 is 10.6 Å². The highest BCUT2D eigenvalue weighted by molar-refractivity contribution is 7.80. The molecule has 0 aromatic heterocycles. The lowest BCUT2D eigenvalue weighted by Crippen LogP contribution is -2.26. The standard InChI is InChI=1S/C26H20F4N2S2/c27-17-9-15(10-18(28)13-17)25(31-21-5-1-3-7-23(21)33)26(16-11-19(29)14-20(30)12-16)32-22-6-2-4-8-24(22)34/h1-14,25-26,31-34H. The van der Waals surface area contributed by atoms with E-state index in [0.717, 1.165) is 12.1 Å². The maximum absolute atomic E-state index is 14.3. The Balaban J connectivity index is 1.90. The second kappa shape index (κ2) is 10.4. The molecule has 2 nitrogen and oxygen atoms in total. The summed E-state index contributed by atoms with van der Waals surface area (Å²) in [6, 6.07) is 18.7. The van der Waals surface area contributed by atoms with Crippen molar-refractivity contribution in [1.29, 1.82) is 0 Å². The third-order valence-electron chi connectivity index (χ3n) is 5.25. The van der Waals surface area contributed by atoms with Crippen molar-refractivity contribution in [3.8, 4) is 0 Å². The van der Waals surface area contributed by atoms with Gasteiger partial charge in [0.25, 0.3) is 0 Å². The Hall–Kier alpha value is -3.10. The van der Waals surface area contributed by atoms with E-state index in [2.05, 4.69) is 35.9 Å². The minimum absolute atomic E-state index is 0.230. The van der Waals surface area contributed by atoms with Gasteiger partial charge in [-0.1, -0.05) is 24.3 Å². The van der Waals surface area contributed by atoms with Crippen molar-refractivity contribution in [1.82, 2.24) is 0 Å². The van der Waals surface area contributed by atoms with Gasteiger partial charge in [0.05, 0.1) is 12.1 Å². The van der Waals surface area contributed by atoms with Gasteiger partial charge < -0.3 is 10.6 Å². The number of hydrogen-bond donors (Lipinski definition) is 4. The number of nitrogens with one attached hydrogen (secondary N) is 2. The first-order valence-electron chi connectivity index (χ1n) is 10.3. The van der Waals surface area contributed by atoms with Crippen LogP contribution in [0.25, 0.3) is 0 Å². The zero-order valence-corrected chi connectivity index (χ0v) is 19.4. The van der Waals surface area contributed by atoms with Crippen molar-refractivity contribution in [2.75, 3.05) is 10.6 Å². The molecule has 4 aromatic carbocycles. The monoisotopic (exact) mass is 500 g/mol. The first-order valence-corrected chi connectivity index (χ1v) is 11.2. The lowest BCUT2D eigenvalue weighted by Gasteiger charge is -2.32. The maximum Gasteiger partial charge on any atom is 0.126 e. The second-order valence-electron chi connectivity index (χ2n) is 7.68. The van der Waals surface area contributed by atoms with Crippen LogP contribution in [-0.2, 0) is 0 Å². The van der Waals surface area contributed by atoms with E-state index in [1.54, 1.807) is 48.5 Å². The molecule has 8 heteroatoms. The molecule has 0 spiro atoms. The van der Waals surface area contributed by atoms with E-state index in [9.17, 15) is 17.6 Å². The van der Waals surface area contributed by atoms with Crippen LogP contribution >= 0.6 is 25.3 Å². The van der Waals surface area contributed by atoms with Crippen molar-refractivity contribution in [3.63, 3.8) is 0 Å². The van der Waals surface area contributed by atoms with Gasteiger partial charge in [-0.25, -0.2) is 17.6 Å². The molecule has 4 rings (SSSR count). The molecule has 34 heavy (non-hydrogen) atoms. The van der Waals surface area contributed by atoms with E-state index in [1.165, 1.54) is 24.3 Å². The normalized spacial score (nSPS) is 12.8. The molecule has 2 atom stereocenters. The van der Waals surface area contributed by atoms with Crippen LogP contribution in [0, 0.1) is 23.3 Å². The summed E-state index contributed by atoms with van der Waals surface area (Å²) >= 11 is 8.93. The van der Waals surface area contributed by atoms with Crippen molar-refractivity contribution in [3.05, 3.63) is 119 Å². The molecule has 0 aliphatic heterocycles. The van der Waals surface area contributed by atoms with E-state index < -0.39 is 35.4 Å². The second-order valence-corrected chi connectivity index (χ2v) is 8.65. The molecule has 4 aromatic rings. The Labute approximate surface area is 205 Å². The Kier molecular flexibility index (Phi) is 7.38. The summed E-state index contributed by atoms with van der Waals surface area (Å²) < 4.78 is 57.0. The van der Waals surface area contributed by atoms with Gasteiger partial charge in [0, 0.05) is 33.3 Å². The number of benzene rings is 4. The van der Waals surface area contributed by atoms with Crippen molar-refractivity contribution in [2.24, 2.45) is 0 Å². The summed E-state index contributed by atoms with van der Waals surface area (Å²) in [5, 5.41) is 6.51. The molecule has 2 unspecified atom stereocenters. The number of rotatable bonds is 7. The van der Waals surface area contributed by atoms with Gasteiger partial charge in [-0.3, -0.25) is 0 Å². The minimum Gasteiger partial charge on any atom is -0.375 e. The molecule has 0 fully saturated rings. The summed E-state index contributed by atoms with van der Waals surface area (Å²) in [5.74, 6) is -3.11. The SMILES string of the molecule is Fc1cc(F)cc(C(Nc2ccccc2S)C(Nc2ccccc2S)c2cc(F)cc(F)c2)c1. The van der Waals surface area contributed by atoms with Gasteiger partial charge in [-0.15, -0.1) is 25.3 Å². The summed E-state index contributed by atoms with van der Waals surface area (Å²) in [7, 11) is 0. The van der Waals surface area contributed by atoms with E-state index in [0.29, 0.717) is 21.2 Å². The highest BCUT2D eigenvalue weighted by Crippen LogP contribution is 2.38. The molecule has 0 saturated heterocycles. The Bertz CT molecular complexity index is 1170. The maximum atomic E-state index is 14.3. The number of para-hydroxylation sites is 2. The predicted octanol–water partition coefficient (Wildman–Crippen LogP) is 7.83. The van der Waals surface area contributed by atoms with Crippen LogP contribution in [0.1, 0.15) is 23.2 Å². The van der Waals surface area contributed by atoms with Crippen LogP contribution in [0.2, 0.25) is 0 Å². The molecule has 0 bridgehead atoms. The number of thiol groups is 2. The quantitative estimate of drug-likeness (QED) is 0.154. The topological polar surface area (TPSA) is 24.1 Å². The third-order valence-corrected chi connectivity index (χ3v) is 6.03. The van der Waals surface area contributed by atoms with Crippen molar-refractivity contribution in [2.45, 2.75) is 21.9 Å². The molecule has 0 amide bonds. The molecular formula is C26H20F4N2S2. The van der Waals surface area contributed by atoms with Gasteiger partial charge in [-0.2, -0.15) is 0 Å². The molecule has 0 aliphatic carbocycles. The lowest BCUT2D eigenvalue weighted by molar-refractivity contribution is 0.556. The van der Waals surface area contributed by atoms with Gasteiger partial charge >= 0.3 is 0 Å². The van der Waals surface area contributed by atoms with Gasteiger partial charge in [0.2, 0.25) is 0 Å². The van der Waals surface area contributed by atoms with Crippen LogP contribution in [0.4, 0.5) is 28.9 Å². The number of halogens is 4. The van der Waals surface area contributed by atoms with E-state index in [1.807, 2.05) is 0 Å². The number of anilines is 2. The fraction of sp³-hybridized carbons (Fsp3) is 0.0769. The van der Waals surface area contributed by atoms with Gasteiger partial charge in [-0.05, 0) is 59.7 Å². The van der Waals surface area contributed by atoms with E-state index in [4.69, 9.17) is 0 Å². The minimum atomic E-state index is -0.868. The molecular weight excluding hydrogens is 480 g/mol. The average Bonchev–Trinajstić information content (AvgIpc) is 2.77. The Morgan fingerprint density at radius 3 is 1.15 bits per heavy atom. The predicted molar refractivity (Wildman–Crippen MR) is 133 cm³/mol. The largest absolute Gasteiger partial charge is 0.375 e. The zero-order chi connectivity index (χ0) is 24.2. The molecule has 0 heterocycles. The van der Waals surface area contributed by atoms with Crippen molar-refractivity contribution < 1.29 is 17.6 Å². The fourth-order valence-corrected chi connectivity index (χ4v) is 4.20. The average molecular weight is 501 g/mol. The summed E-state index contributed by atoms with van der Waals surface area (Å²) in [5.41, 5.74) is 1.60. The molecule has 0 saturated carbocycles.